The van der Waals surface area contributed by atoms with Crippen LogP contribution in [0.1, 0.15) is 37.3 Å². The maximum absolute atomic E-state index is 13.8. The van der Waals surface area contributed by atoms with Crippen LogP contribution in [0.2, 0.25) is 0 Å². The Kier molecular flexibility index (Phi) is 7.85. The van der Waals surface area contributed by atoms with Crippen LogP contribution < -0.4 is 0 Å². The van der Waals surface area contributed by atoms with Crippen molar-refractivity contribution < 1.29 is 41.5 Å². The maximum Gasteiger partial charge on any atom is 0.490 e. The van der Waals surface area contributed by atoms with Gasteiger partial charge in [0.2, 0.25) is 5.89 Å². The molecule has 206 valence electrons. The number of carbonyl (C=O) groups is 2. The van der Waals surface area contributed by atoms with Crippen LogP contribution >= 0.6 is 0 Å². The number of carboxylic acids is 1. The standard InChI is InChI=1S/C21H25FN6O3.C2HF3O2/c1-3-17-16-5-4-14(22)10-18(16)28(24-17)20-23-19(31-25-20)13-11-27(12-13)15-6-8-26(9-7-15)21(29)30-2;3-2(4,5)1(6)7/h4-5,10,13,15H,3,6-9,11-12H2,1-2H3;(H,6,7). The number of amides is 1. The molecule has 0 spiro atoms. The van der Waals surface area contributed by atoms with Gasteiger partial charge < -0.3 is 19.3 Å². The van der Waals surface area contributed by atoms with Crippen molar-refractivity contribution in [2.24, 2.45) is 0 Å². The van der Waals surface area contributed by atoms with Crippen LogP contribution in [0.4, 0.5) is 22.4 Å². The van der Waals surface area contributed by atoms with Gasteiger partial charge in [-0.2, -0.15) is 27.9 Å². The summed E-state index contributed by atoms with van der Waals surface area (Å²) < 4.78 is 57.4. The zero-order chi connectivity index (χ0) is 27.6. The number of nitrogens with zero attached hydrogens (tertiary/aromatic N) is 6. The highest BCUT2D eigenvalue weighted by molar-refractivity contribution is 5.83. The average molecular weight is 542 g/mol. The first kappa shape index (κ1) is 27.3. The molecule has 4 heterocycles. The first-order chi connectivity index (χ1) is 18.0. The van der Waals surface area contributed by atoms with Gasteiger partial charge >= 0.3 is 18.2 Å². The minimum absolute atomic E-state index is 0.170. The molecule has 5 rings (SSSR count). The Morgan fingerprint density at radius 3 is 2.45 bits per heavy atom. The molecule has 2 aliphatic rings. The molecule has 1 amide bonds. The first-order valence-electron chi connectivity index (χ1n) is 11.9. The summed E-state index contributed by atoms with van der Waals surface area (Å²) in [5.41, 5.74) is 1.51. The van der Waals surface area contributed by atoms with E-state index in [1.54, 1.807) is 15.6 Å². The number of aromatic nitrogens is 4. The number of aryl methyl sites for hydroxylation is 1. The van der Waals surface area contributed by atoms with Crippen LogP contribution in [0.3, 0.4) is 0 Å². The van der Waals surface area contributed by atoms with Gasteiger partial charge in [0.05, 0.1) is 24.2 Å². The smallest absolute Gasteiger partial charge is 0.475 e. The predicted molar refractivity (Wildman–Crippen MR) is 123 cm³/mol. The molecular formula is C23H26F4N6O5. The number of likely N-dealkylation sites (tertiary alicyclic amines) is 2. The lowest BCUT2D eigenvalue weighted by molar-refractivity contribution is -0.192. The van der Waals surface area contributed by atoms with Crippen LogP contribution in [0.15, 0.2) is 22.7 Å². The lowest BCUT2D eigenvalue weighted by atomic mass is 9.93. The highest BCUT2D eigenvalue weighted by Crippen LogP contribution is 2.32. The summed E-state index contributed by atoms with van der Waals surface area (Å²) in [7, 11) is 1.42. The molecule has 0 saturated carbocycles. The molecule has 2 aliphatic heterocycles. The van der Waals surface area contributed by atoms with E-state index < -0.39 is 12.1 Å². The van der Waals surface area contributed by atoms with E-state index in [9.17, 15) is 22.4 Å². The van der Waals surface area contributed by atoms with E-state index in [1.807, 2.05) is 6.92 Å². The Morgan fingerprint density at radius 2 is 1.87 bits per heavy atom. The number of halogens is 4. The molecule has 15 heteroatoms. The normalized spacial score (nSPS) is 17.2. The first-order valence-corrected chi connectivity index (χ1v) is 11.9. The van der Waals surface area contributed by atoms with Gasteiger partial charge in [0, 0.05) is 43.7 Å². The number of benzene rings is 1. The number of hydrogen-bond acceptors (Lipinski definition) is 8. The second-order valence-electron chi connectivity index (χ2n) is 8.95. The van der Waals surface area contributed by atoms with Gasteiger partial charge in [0.1, 0.15) is 5.82 Å². The van der Waals surface area contributed by atoms with Gasteiger partial charge in [0.15, 0.2) is 0 Å². The number of ether oxygens (including phenoxy) is 1. The molecule has 0 bridgehead atoms. The van der Waals surface area contributed by atoms with Crippen molar-refractivity contribution in [2.75, 3.05) is 33.3 Å². The highest BCUT2D eigenvalue weighted by atomic mass is 19.4. The molecule has 2 saturated heterocycles. The molecule has 1 N–H and O–H groups in total. The summed E-state index contributed by atoms with van der Waals surface area (Å²) in [6.07, 6.45) is -2.74. The van der Waals surface area contributed by atoms with Gasteiger partial charge in [-0.3, -0.25) is 4.90 Å². The third-order valence-electron chi connectivity index (χ3n) is 6.59. The molecule has 0 aliphatic carbocycles. The monoisotopic (exact) mass is 542 g/mol. The van der Waals surface area contributed by atoms with Gasteiger partial charge in [0.25, 0.3) is 5.95 Å². The van der Waals surface area contributed by atoms with E-state index in [0.29, 0.717) is 36.5 Å². The Balaban J connectivity index is 0.000000426. The fraction of sp³-hybridized carbons (Fsp3) is 0.522. The highest BCUT2D eigenvalue weighted by Gasteiger charge is 2.39. The van der Waals surface area contributed by atoms with Crippen LogP contribution in [-0.4, -0.2) is 92.4 Å². The fourth-order valence-electron chi connectivity index (χ4n) is 4.55. The van der Waals surface area contributed by atoms with Crippen molar-refractivity contribution in [1.29, 1.82) is 0 Å². The van der Waals surface area contributed by atoms with Gasteiger partial charge in [-0.15, -0.1) is 0 Å². The van der Waals surface area contributed by atoms with Crippen molar-refractivity contribution in [3.63, 3.8) is 0 Å². The molecule has 2 aromatic heterocycles. The molecule has 0 unspecified atom stereocenters. The molecule has 38 heavy (non-hydrogen) atoms. The van der Waals surface area contributed by atoms with E-state index in [1.165, 1.54) is 19.2 Å². The molecule has 0 radical (unpaired) electrons. The lowest BCUT2D eigenvalue weighted by Crippen LogP contribution is -2.54. The molecular weight excluding hydrogens is 516 g/mol. The maximum atomic E-state index is 13.8. The van der Waals surface area contributed by atoms with Crippen molar-refractivity contribution in [2.45, 2.75) is 44.3 Å². The Labute approximate surface area is 213 Å². The molecule has 3 aromatic rings. The molecule has 0 atom stereocenters. The number of rotatable bonds is 4. The number of carboxylic acid groups (broad SMARTS) is 1. The Bertz CT molecular complexity index is 1300. The minimum atomic E-state index is -5.08. The zero-order valence-electron chi connectivity index (χ0n) is 20.6. The second-order valence-corrected chi connectivity index (χ2v) is 8.95. The summed E-state index contributed by atoms with van der Waals surface area (Å²) in [5.74, 6) is -2.00. The van der Waals surface area contributed by atoms with E-state index in [4.69, 9.17) is 19.2 Å². The number of fused-ring (bicyclic) bond motifs is 1. The van der Waals surface area contributed by atoms with Crippen LogP contribution in [-0.2, 0) is 16.0 Å². The molecule has 1 aromatic carbocycles. The summed E-state index contributed by atoms with van der Waals surface area (Å²) >= 11 is 0. The SMILES string of the molecule is CCc1nn(-c2noc(C3CN(C4CCN(C(=O)OC)CC4)C3)n2)c2cc(F)ccc12.O=C(O)C(F)(F)F. The van der Waals surface area contributed by atoms with E-state index in [-0.39, 0.29) is 17.8 Å². The van der Waals surface area contributed by atoms with Crippen LogP contribution in [0, 0.1) is 5.82 Å². The summed E-state index contributed by atoms with van der Waals surface area (Å²) in [6.45, 7) is 5.13. The largest absolute Gasteiger partial charge is 0.490 e. The van der Waals surface area contributed by atoms with Crippen molar-refractivity contribution >= 4 is 23.0 Å². The number of hydrogen-bond donors (Lipinski definition) is 1. The molecule has 11 nitrogen and oxygen atoms in total. The zero-order valence-corrected chi connectivity index (χ0v) is 20.6. The molecule has 2 fully saturated rings. The predicted octanol–water partition coefficient (Wildman–Crippen LogP) is 3.37. The number of alkyl halides is 3. The average Bonchev–Trinajstić information content (AvgIpc) is 3.47. The van der Waals surface area contributed by atoms with Crippen molar-refractivity contribution in [3.8, 4) is 5.95 Å². The third-order valence-corrected chi connectivity index (χ3v) is 6.59. The van der Waals surface area contributed by atoms with Crippen molar-refractivity contribution in [3.05, 3.63) is 35.6 Å². The number of aliphatic carboxylic acids is 1. The number of methoxy groups -OCH3 is 1. The second kappa shape index (κ2) is 10.9. The van der Waals surface area contributed by atoms with E-state index in [0.717, 1.165) is 43.4 Å². The van der Waals surface area contributed by atoms with Crippen molar-refractivity contribution in [1.82, 2.24) is 29.7 Å². The van der Waals surface area contributed by atoms with Crippen LogP contribution in [0.25, 0.3) is 16.9 Å². The topological polar surface area (TPSA) is 127 Å². The Hall–Kier alpha value is -3.75. The van der Waals surface area contributed by atoms with Gasteiger partial charge in [-0.05, 0) is 36.6 Å². The fourth-order valence-corrected chi connectivity index (χ4v) is 4.55. The number of piperidine rings is 1. The van der Waals surface area contributed by atoms with Crippen LogP contribution in [0.5, 0.6) is 0 Å². The summed E-state index contributed by atoms with van der Waals surface area (Å²) in [5, 5.41) is 16.7. The third kappa shape index (κ3) is 5.71. The van der Waals surface area contributed by atoms with Gasteiger partial charge in [-0.1, -0.05) is 6.92 Å². The Morgan fingerprint density at radius 1 is 1.21 bits per heavy atom. The number of carbonyl (C=O) groups excluding carboxylic acids is 1. The van der Waals surface area contributed by atoms with E-state index in [2.05, 4.69) is 20.1 Å². The van der Waals surface area contributed by atoms with E-state index >= 15 is 0 Å². The summed E-state index contributed by atoms with van der Waals surface area (Å²) in [4.78, 5) is 29.2. The quantitative estimate of drug-likeness (QED) is 0.494. The lowest BCUT2D eigenvalue weighted by Gasteiger charge is -2.45. The van der Waals surface area contributed by atoms with Gasteiger partial charge in [-0.25, -0.2) is 14.0 Å². The minimum Gasteiger partial charge on any atom is -0.475 e. The summed E-state index contributed by atoms with van der Waals surface area (Å²) in [6, 6.07) is 5.07.